The van der Waals surface area contributed by atoms with E-state index >= 15 is 0 Å². The van der Waals surface area contributed by atoms with Gasteiger partial charge in [0.1, 0.15) is 5.82 Å². The first-order chi connectivity index (χ1) is 13.0. The maximum Gasteiger partial charge on any atom is 0.254 e. The summed E-state index contributed by atoms with van der Waals surface area (Å²) >= 11 is 0. The maximum absolute atomic E-state index is 13.0. The first kappa shape index (κ1) is 16.8. The van der Waals surface area contributed by atoms with Gasteiger partial charge in [-0.2, -0.15) is 0 Å². The summed E-state index contributed by atoms with van der Waals surface area (Å²) in [5.41, 5.74) is 7.31. The molecule has 0 spiro atoms. The fourth-order valence-electron chi connectivity index (χ4n) is 3.01. The second-order valence-corrected chi connectivity index (χ2v) is 6.15. The van der Waals surface area contributed by atoms with Crippen molar-refractivity contribution >= 4 is 11.9 Å². The van der Waals surface area contributed by atoms with Crippen molar-refractivity contribution in [2.45, 2.75) is 13.0 Å². The van der Waals surface area contributed by atoms with E-state index < -0.39 is 11.7 Å². The molecule has 136 valence electrons. The summed E-state index contributed by atoms with van der Waals surface area (Å²) in [5.74, 6) is -0.246. The van der Waals surface area contributed by atoms with Crippen LogP contribution >= 0.6 is 0 Å². The van der Waals surface area contributed by atoms with Crippen molar-refractivity contribution in [3.8, 4) is 11.4 Å². The number of nitrogens with zero attached hydrogens (tertiary/aromatic N) is 4. The molecule has 0 radical (unpaired) electrons. The molecule has 3 aromatic rings. The molecular weight excluding hydrogens is 351 g/mol. The molecule has 3 heterocycles. The van der Waals surface area contributed by atoms with E-state index in [4.69, 9.17) is 5.73 Å². The first-order valence-electron chi connectivity index (χ1n) is 8.26. The number of carbonyl (C=O) groups excluding carboxylic acids is 1. The number of hydrogen-bond acceptors (Lipinski definition) is 6. The number of halogens is 1. The van der Waals surface area contributed by atoms with Crippen LogP contribution in [-0.2, 0) is 13.0 Å². The molecule has 1 amide bonds. The molecule has 2 aromatic heterocycles. The van der Waals surface area contributed by atoms with Gasteiger partial charge in [-0.25, -0.2) is 19.3 Å². The third-order valence-corrected chi connectivity index (χ3v) is 4.41. The number of fused-ring (bicyclic) bond motifs is 1. The van der Waals surface area contributed by atoms with Crippen LogP contribution in [0.1, 0.15) is 21.6 Å². The Labute approximate surface area is 152 Å². The maximum atomic E-state index is 13.0. The van der Waals surface area contributed by atoms with E-state index in [0.29, 0.717) is 53.7 Å². The number of benzene rings is 1. The second kappa shape index (κ2) is 6.60. The number of aromatic amines is 1. The molecule has 9 heteroatoms. The molecule has 0 atom stereocenters. The zero-order valence-electron chi connectivity index (χ0n) is 14.1. The summed E-state index contributed by atoms with van der Waals surface area (Å²) in [5, 5.41) is 0. The third kappa shape index (κ3) is 3.26. The van der Waals surface area contributed by atoms with E-state index in [1.165, 1.54) is 0 Å². The average molecular weight is 366 g/mol. The molecule has 1 aliphatic rings. The average Bonchev–Trinajstić information content (AvgIpc) is 2.68. The summed E-state index contributed by atoms with van der Waals surface area (Å²) in [6, 6.07) is 6.51. The SMILES string of the molecule is NC(=O)c1ccc(-c2nc3c(c(=O)[nH]2)CCN(c2ncc(F)cn2)C3)cc1. The fourth-order valence-corrected chi connectivity index (χ4v) is 3.01. The van der Waals surface area contributed by atoms with Gasteiger partial charge in [-0.3, -0.25) is 9.59 Å². The van der Waals surface area contributed by atoms with Crippen molar-refractivity contribution < 1.29 is 9.18 Å². The summed E-state index contributed by atoms with van der Waals surface area (Å²) in [4.78, 5) is 40.8. The van der Waals surface area contributed by atoms with Crippen LogP contribution in [0.2, 0.25) is 0 Å². The topological polar surface area (TPSA) is 118 Å². The lowest BCUT2D eigenvalue weighted by atomic mass is 10.1. The molecule has 27 heavy (non-hydrogen) atoms. The predicted molar refractivity (Wildman–Crippen MR) is 95.6 cm³/mol. The highest BCUT2D eigenvalue weighted by molar-refractivity contribution is 5.93. The van der Waals surface area contributed by atoms with Crippen LogP contribution in [0.25, 0.3) is 11.4 Å². The zero-order chi connectivity index (χ0) is 19.0. The lowest BCUT2D eigenvalue weighted by Gasteiger charge is -2.27. The molecule has 0 unspecified atom stereocenters. The number of nitrogens with one attached hydrogen (secondary N) is 1. The van der Waals surface area contributed by atoms with Crippen molar-refractivity contribution in [2.75, 3.05) is 11.4 Å². The Hall–Kier alpha value is -3.62. The minimum Gasteiger partial charge on any atom is -0.366 e. The normalized spacial score (nSPS) is 13.3. The van der Waals surface area contributed by atoms with Gasteiger partial charge in [-0.05, 0) is 18.6 Å². The first-order valence-corrected chi connectivity index (χ1v) is 8.26. The van der Waals surface area contributed by atoms with Crippen LogP contribution in [0.15, 0.2) is 41.5 Å². The van der Waals surface area contributed by atoms with Crippen LogP contribution in [-0.4, -0.2) is 32.4 Å². The van der Waals surface area contributed by atoms with Crippen molar-refractivity contribution in [1.82, 2.24) is 19.9 Å². The minimum absolute atomic E-state index is 0.200. The molecule has 0 saturated heterocycles. The number of rotatable bonds is 3. The third-order valence-electron chi connectivity index (χ3n) is 4.41. The Morgan fingerprint density at radius 2 is 1.89 bits per heavy atom. The Kier molecular flexibility index (Phi) is 4.11. The number of nitrogens with two attached hydrogens (primary N) is 1. The number of anilines is 1. The van der Waals surface area contributed by atoms with Crippen molar-refractivity contribution in [1.29, 1.82) is 0 Å². The minimum atomic E-state index is -0.525. The van der Waals surface area contributed by atoms with Gasteiger partial charge in [0.15, 0.2) is 5.82 Å². The van der Waals surface area contributed by atoms with Crippen molar-refractivity contribution in [3.05, 3.63) is 69.7 Å². The fraction of sp³-hybridized carbons (Fsp3) is 0.167. The summed E-state index contributed by atoms with van der Waals surface area (Å²) in [7, 11) is 0. The molecule has 0 fully saturated rings. The van der Waals surface area contributed by atoms with E-state index in [2.05, 4.69) is 19.9 Å². The highest BCUT2D eigenvalue weighted by Crippen LogP contribution is 2.21. The van der Waals surface area contributed by atoms with E-state index in [0.717, 1.165) is 12.4 Å². The largest absolute Gasteiger partial charge is 0.366 e. The van der Waals surface area contributed by atoms with Gasteiger partial charge in [0.2, 0.25) is 11.9 Å². The zero-order valence-corrected chi connectivity index (χ0v) is 14.1. The molecule has 3 N–H and O–H groups in total. The van der Waals surface area contributed by atoms with Gasteiger partial charge in [-0.15, -0.1) is 0 Å². The quantitative estimate of drug-likeness (QED) is 0.715. The van der Waals surface area contributed by atoms with Gasteiger partial charge in [0.05, 0.1) is 24.6 Å². The Balaban J connectivity index is 1.67. The highest BCUT2D eigenvalue weighted by atomic mass is 19.1. The number of aromatic nitrogens is 4. The number of carbonyl (C=O) groups is 1. The lowest BCUT2D eigenvalue weighted by Crippen LogP contribution is -2.36. The standard InChI is InChI=1S/C18H15FN6O2/c19-12-7-21-18(22-8-12)25-6-5-13-14(9-25)23-16(24-17(13)27)11-3-1-10(2-4-11)15(20)26/h1-4,7-8H,5-6,9H2,(H2,20,26)(H,23,24,27). The van der Waals surface area contributed by atoms with Crippen LogP contribution in [0.4, 0.5) is 10.3 Å². The number of amides is 1. The van der Waals surface area contributed by atoms with Crippen LogP contribution in [0.3, 0.4) is 0 Å². The molecule has 4 rings (SSSR count). The number of hydrogen-bond donors (Lipinski definition) is 2. The summed E-state index contributed by atoms with van der Waals surface area (Å²) in [6.45, 7) is 0.882. The molecule has 1 aliphatic heterocycles. The van der Waals surface area contributed by atoms with E-state index in [9.17, 15) is 14.0 Å². The smallest absolute Gasteiger partial charge is 0.254 e. The Morgan fingerprint density at radius 1 is 1.19 bits per heavy atom. The Bertz CT molecular complexity index is 1060. The monoisotopic (exact) mass is 366 g/mol. The van der Waals surface area contributed by atoms with Crippen LogP contribution in [0.5, 0.6) is 0 Å². The van der Waals surface area contributed by atoms with Gasteiger partial charge >= 0.3 is 0 Å². The Morgan fingerprint density at radius 3 is 2.56 bits per heavy atom. The van der Waals surface area contributed by atoms with Crippen LogP contribution in [0, 0.1) is 5.82 Å². The van der Waals surface area contributed by atoms with Gasteiger partial charge < -0.3 is 15.6 Å². The molecule has 8 nitrogen and oxygen atoms in total. The molecule has 0 bridgehead atoms. The van der Waals surface area contributed by atoms with Crippen LogP contribution < -0.4 is 16.2 Å². The number of H-pyrrole nitrogens is 1. The lowest BCUT2D eigenvalue weighted by molar-refractivity contribution is 0.100. The molecular formula is C18H15FN6O2. The molecule has 0 saturated carbocycles. The van der Waals surface area contributed by atoms with Crippen molar-refractivity contribution in [2.24, 2.45) is 5.73 Å². The van der Waals surface area contributed by atoms with E-state index in [1.807, 2.05) is 4.90 Å². The predicted octanol–water partition coefficient (Wildman–Crippen LogP) is 1.03. The second-order valence-electron chi connectivity index (χ2n) is 6.15. The van der Waals surface area contributed by atoms with Gasteiger partial charge in [0, 0.05) is 23.2 Å². The summed E-state index contributed by atoms with van der Waals surface area (Å²) in [6.07, 6.45) is 2.70. The molecule has 0 aliphatic carbocycles. The van der Waals surface area contributed by atoms with E-state index in [1.54, 1.807) is 24.3 Å². The highest BCUT2D eigenvalue weighted by Gasteiger charge is 2.23. The van der Waals surface area contributed by atoms with Gasteiger partial charge in [0.25, 0.3) is 5.56 Å². The summed E-state index contributed by atoms with van der Waals surface area (Å²) < 4.78 is 13.0. The van der Waals surface area contributed by atoms with Crippen molar-refractivity contribution in [3.63, 3.8) is 0 Å². The number of primary amides is 1. The van der Waals surface area contributed by atoms with E-state index in [-0.39, 0.29) is 5.56 Å². The molecule has 1 aromatic carbocycles. The van der Waals surface area contributed by atoms with Gasteiger partial charge in [-0.1, -0.05) is 12.1 Å².